The number of nitrogens with two attached hydrogens (primary N) is 1. The van der Waals surface area contributed by atoms with Crippen molar-refractivity contribution in [3.8, 4) is 5.75 Å². The Kier molecular flexibility index (Phi) is 11.2. The highest BCUT2D eigenvalue weighted by atomic mass is 32.2. The Balaban J connectivity index is 1.66. The van der Waals surface area contributed by atoms with E-state index in [9.17, 15) is 17.6 Å². The molecule has 1 amide bonds. The molecule has 0 radical (unpaired) electrons. The second-order valence-electron chi connectivity index (χ2n) is 10.7. The van der Waals surface area contributed by atoms with Gasteiger partial charge in [0.1, 0.15) is 11.4 Å². The van der Waals surface area contributed by atoms with Crippen molar-refractivity contribution < 1.29 is 22.3 Å². The van der Waals surface area contributed by atoms with Crippen molar-refractivity contribution in [1.82, 2.24) is 24.0 Å². The van der Waals surface area contributed by atoms with Gasteiger partial charge in [-0.05, 0) is 50.5 Å². The zero-order chi connectivity index (χ0) is 30.3. The zero-order valence-electron chi connectivity index (χ0n) is 25.1. The fraction of sp³-hybridized carbons (Fsp3) is 0.621. The van der Waals surface area contributed by atoms with E-state index in [0.29, 0.717) is 75.1 Å². The number of piperazine rings is 2. The van der Waals surface area contributed by atoms with Gasteiger partial charge in [0.05, 0.1) is 35.7 Å². The van der Waals surface area contributed by atoms with E-state index in [4.69, 9.17) is 10.5 Å². The molecule has 2 saturated heterocycles. The lowest BCUT2D eigenvalue weighted by molar-refractivity contribution is 0.0337. The highest BCUT2D eigenvalue weighted by molar-refractivity contribution is 7.89. The summed E-state index contributed by atoms with van der Waals surface area (Å²) in [5, 5.41) is 6.70. The number of ether oxygens (including phenoxy) is 1. The first-order valence-electron chi connectivity index (χ1n) is 15.1. The molecule has 42 heavy (non-hydrogen) atoms. The molecular formula is C29H46FN7O4S. The molecule has 0 saturated carbocycles. The molecule has 2 aliphatic rings. The third kappa shape index (κ3) is 7.08. The molecule has 1 atom stereocenters. The highest BCUT2D eigenvalue weighted by Gasteiger charge is 2.38. The van der Waals surface area contributed by atoms with Gasteiger partial charge >= 0.3 is 0 Å². The number of halogens is 1. The molecule has 11 nitrogen and oxygen atoms in total. The molecule has 4 rings (SSSR count). The molecule has 0 spiro atoms. The van der Waals surface area contributed by atoms with Crippen LogP contribution < -0.4 is 21.1 Å². The first-order chi connectivity index (χ1) is 20.2. The van der Waals surface area contributed by atoms with Crippen LogP contribution in [0.1, 0.15) is 49.7 Å². The van der Waals surface area contributed by atoms with Gasteiger partial charge in [-0.2, -0.15) is 4.31 Å². The summed E-state index contributed by atoms with van der Waals surface area (Å²) < 4.78 is 50.3. The van der Waals surface area contributed by atoms with Gasteiger partial charge in [0.25, 0.3) is 5.91 Å². The van der Waals surface area contributed by atoms with Gasteiger partial charge in [0.2, 0.25) is 10.0 Å². The Labute approximate surface area is 249 Å². The van der Waals surface area contributed by atoms with Crippen LogP contribution in [0.5, 0.6) is 5.75 Å². The largest absolute Gasteiger partial charge is 0.492 e. The third-order valence-electron chi connectivity index (χ3n) is 7.97. The predicted molar refractivity (Wildman–Crippen MR) is 163 cm³/mol. The van der Waals surface area contributed by atoms with Crippen molar-refractivity contribution in [1.29, 1.82) is 0 Å². The van der Waals surface area contributed by atoms with Gasteiger partial charge in [0, 0.05) is 65.1 Å². The second-order valence-corrected chi connectivity index (χ2v) is 12.6. The lowest BCUT2D eigenvalue weighted by Crippen LogP contribution is -2.63. The monoisotopic (exact) mass is 607 g/mol. The standard InChI is InChI=1S/C29H46FN7O4S/c1-4-8-22-21-35(5-2)28(29(31)38)27(22)33-24-19-23(9-10-25(24)41-6-3)42(39,40)37-14-12-32-20-26(37)36-17-15-34(16-18-36)13-7-11-30/h9-10,19,21,26,32-33H,4-8,11-18,20H2,1-3H3,(H2,31,38). The lowest BCUT2D eigenvalue weighted by atomic mass is 10.1. The summed E-state index contributed by atoms with van der Waals surface area (Å²) in [5.74, 6) is -0.0725. The van der Waals surface area contributed by atoms with Crippen molar-refractivity contribution in [3.63, 3.8) is 0 Å². The number of aryl methyl sites for hydroxylation is 2. The molecule has 2 fully saturated rings. The van der Waals surface area contributed by atoms with Gasteiger partial charge in [-0.15, -0.1) is 0 Å². The number of nitrogens with one attached hydrogen (secondary N) is 2. The summed E-state index contributed by atoms with van der Waals surface area (Å²) in [6, 6.07) is 4.84. The van der Waals surface area contributed by atoms with Crippen LogP contribution in [0.15, 0.2) is 29.3 Å². The number of primary amides is 1. The molecular weight excluding hydrogens is 561 g/mol. The van der Waals surface area contributed by atoms with Crippen LogP contribution in [-0.2, 0) is 23.0 Å². The van der Waals surface area contributed by atoms with E-state index >= 15 is 0 Å². The summed E-state index contributed by atoms with van der Waals surface area (Å²) in [6.45, 7) is 11.6. The van der Waals surface area contributed by atoms with Crippen LogP contribution in [0.2, 0.25) is 0 Å². The molecule has 1 aromatic carbocycles. The summed E-state index contributed by atoms with van der Waals surface area (Å²) in [7, 11) is -3.88. The van der Waals surface area contributed by atoms with Crippen LogP contribution in [0.3, 0.4) is 0 Å². The lowest BCUT2D eigenvalue weighted by Gasteiger charge is -2.45. The van der Waals surface area contributed by atoms with Crippen LogP contribution in [0, 0.1) is 0 Å². The Morgan fingerprint density at radius 3 is 2.57 bits per heavy atom. The van der Waals surface area contributed by atoms with Crippen LogP contribution in [-0.4, -0.2) is 105 Å². The molecule has 0 aliphatic carbocycles. The van der Waals surface area contributed by atoms with Gasteiger partial charge < -0.3 is 30.6 Å². The minimum absolute atomic E-state index is 0.148. The highest BCUT2D eigenvalue weighted by Crippen LogP contribution is 2.36. The molecule has 234 valence electrons. The number of carbonyl (C=O) groups is 1. The Morgan fingerprint density at radius 1 is 1.17 bits per heavy atom. The minimum atomic E-state index is -3.88. The molecule has 1 aromatic heterocycles. The first kappa shape index (κ1) is 32.2. The molecule has 1 unspecified atom stereocenters. The normalized spacial score (nSPS) is 19.2. The van der Waals surface area contributed by atoms with Crippen molar-refractivity contribution in [2.75, 3.05) is 71.0 Å². The molecule has 4 N–H and O–H groups in total. The number of sulfonamides is 1. The summed E-state index contributed by atoms with van der Waals surface area (Å²) in [5.41, 5.74) is 8.12. The zero-order valence-corrected chi connectivity index (χ0v) is 25.9. The Hall–Kier alpha value is -2.71. The number of aromatic nitrogens is 1. The van der Waals surface area contributed by atoms with E-state index in [1.54, 1.807) is 22.5 Å². The van der Waals surface area contributed by atoms with E-state index in [0.717, 1.165) is 38.0 Å². The number of carbonyl (C=O) groups excluding carboxylic acids is 1. The predicted octanol–water partition coefficient (Wildman–Crippen LogP) is 2.60. The summed E-state index contributed by atoms with van der Waals surface area (Å²) in [4.78, 5) is 17.1. The quantitative estimate of drug-likeness (QED) is 0.299. The number of benzene rings is 1. The van der Waals surface area contributed by atoms with Crippen LogP contribution in [0.4, 0.5) is 15.8 Å². The Bertz CT molecular complexity index is 1310. The number of amides is 1. The summed E-state index contributed by atoms with van der Waals surface area (Å²) in [6.07, 6.45) is 3.70. The van der Waals surface area contributed by atoms with Gasteiger partial charge in [0.15, 0.2) is 0 Å². The average molecular weight is 608 g/mol. The minimum Gasteiger partial charge on any atom is -0.492 e. The molecule has 0 bridgehead atoms. The van der Waals surface area contributed by atoms with E-state index in [2.05, 4.69) is 27.4 Å². The van der Waals surface area contributed by atoms with Crippen molar-refractivity contribution in [2.24, 2.45) is 5.73 Å². The maximum atomic E-state index is 14.2. The molecule has 13 heteroatoms. The molecule has 2 aromatic rings. The van der Waals surface area contributed by atoms with Gasteiger partial charge in [-0.3, -0.25) is 14.1 Å². The van der Waals surface area contributed by atoms with Crippen molar-refractivity contribution in [3.05, 3.63) is 35.7 Å². The number of nitrogens with zero attached hydrogens (tertiary/aromatic N) is 4. The van der Waals surface area contributed by atoms with Crippen LogP contribution >= 0.6 is 0 Å². The van der Waals surface area contributed by atoms with Gasteiger partial charge in [-0.25, -0.2) is 8.42 Å². The number of rotatable bonds is 14. The topological polar surface area (TPSA) is 125 Å². The SMILES string of the molecule is CCCc1cn(CC)c(C(N)=O)c1Nc1cc(S(=O)(=O)N2CCNCC2N2CCN(CCCF)CC2)ccc1OCC. The first-order valence-corrected chi connectivity index (χ1v) is 16.5. The number of hydrogen-bond acceptors (Lipinski definition) is 8. The van der Waals surface area contributed by atoms with E-state index < -0.39 is 15.9 Å². The number of alkyl halides is 1. The van der Waals surface area contributed by atoms with E-state index in [1.165, 1.54) is 0 Å². The summed E-state index contributed by atoms with van der Waals surface area (Å²) >= 11 is 0. The third-order valence-corrected chi connectivity index (χ3v) is 9.87. The molecule has 3 heterocycles. The van der Waals surface area contributed by atoms with E-state index in [1.807, 2.05) is 24.6 Å². The number of anilines is 2. The smallest absolute Gasteiger partial charge is 0.267 e. The average Bonchev–Trinajstić information content (AvgIpc) is 3.34. The fourth-order valence-electron chi connectivity index (χ4n) is 5.88. The van der Waals surface area contributed by atoms with Crippen molar-refractivity contribution >= 4 is 27.3 Å². The fourth-order valence-corrected chi connectivity index (χ4v) is 7.51. The maximum Gasteiger partial charge on any atom is 0.267 e. The maximum absolute atomic E-state index is 14.2. The van der Waals surface area contributed by atoms with Crippen LogP contribution in [0.25, 0.3) is 0 Å². The second kappa shape index (κ2) is 14.6. The van der Waals surface area contributed by atoms with E-state index in [-0.39, 0.29) is 17.7 Å². The van der Waals surface area contributed by atoms with Gasteiger partial charge in [-0.1, -0.05) is 13.3 Å². The number of hydrogen-bond donors (Lipinski definition) is 3. The van der Waals surface area contributed by atoms with Crippen molar-refractivity contribution in [2.45, 2.75) is 57.6 Å². The molecule has 2 aliphatic heterocycles. The Morgan fingerprint density at radius 2 is 1.93 bits per heavy atom.